The zero-order chi connectivity index (χ0) is 25.4. The summed E-state index contributed by atoms with van der Waals surface area (Å²) in [7, 11) is -2.71. The van der Waals surface area contributed by atoms with E-state index in [4.69, 9.17) is 0 Å². The molecule has 2 heterocycles. The smallest absolute Gasteiger partial charge is 0.227 e. The van der Waals surface area contributed by atoms with Gasteiger partial charge in [-0.25, -0.2) is 31.0 Å². The molecule has 0 unspecified atom stereocenters. The van der Waals surface area contributed by atoms with Crippen LogP contribution in [0.25, 0.3) is 16.9 Å². The van der Waals surface area contributed by atoms with Crippen molar-refractivity contribution in [3.05, 3.63) is 83.7 Å². The van der Waals surface area contributed by atoms with Crippen molar-refractivity contribution in [2.45, 2.75) is 17.5 Å². The van der Waals surface area contributed by atoms with Crippen LogP contribution in [0.2, 0.25) is 0 Å². The van der Waals surface area contributed by atoms with E-state index in [1.165, 1.54) is 19.2 Å². The molecule has 6 nitrogen and oxygen atoms in total. The summed E-state index contributed by atoms with van der Waals surface area (Å²) in [5.74, 6) is 2.57. The Hall–Kier alpha value is -3.98. The van der Waals surface area contributed by atoms with E-state index in [0.717, 1.165) is 45.3 Å². The number of hydrogen-bond donors (Lipinski definition) is 0. The number of nitrogens with zero attached hydrogens (tertiary/aromatic N) is 4. The normalized spacial score (nSPS) is 12.0. The predicted molar refractivity (Wildman–Crippen MR) is 117 cm³/mol. The van der Waals surface area contributed by atoms with Gasteiger partial charge in [-0.2, -0.15) is 18.3 Å². The molecule has 0 aliphatic rings. The molecule has 2 aromatic heterocycles. The Labute approximate surface area is 196 Å². The van der Waals surface area contributed by atoms with E-state index in [9.17, 15) is 30.4 Å². The standard InChI is InChI=1S/C23H15F5N4O2S/c1-31(35(33,34)18-5-3-2-4-6-18)12-11-16-14-29-32-20(21(24)25)13-19(30-22(16)32)15-7-9-17(10-8-15)23(26,27)28/h2-10,13-14,21H,1H3. The molecule has 2 aromatic carbocycles. The molecule has 0 aliphatic heterocycles. The third-order valence-corrected chi connectivity index (χ3v) is 6.66. The van der Waals surface area contributed by atoms with Crippen molar-refractivity contribution in [2.24, 2.45) is 0 Å². The van der Waals surface area contributed by atoms with E-state index in [1.807, 2.05) is 0 Å². The van der Waals surface area contributed by atoms with Crippen LogP contribution in [0, 0.1) is 12.0 Å². The van der Waals surface area contributed by atoms with Gasteiger partial charge in [-0.1, -0.05) is 30.3 Å². The number of benzene rings is 2. The number of fused-ring (bicyclic) bond motifs is 1. The summed E-state index contributed by atoms with van der Waals surface area (Å²) >= 11 is 0. The lowest BCUT2D eigenvalue weighted by atomic mass is 10.1. The van der Waals surface area contributed by atoms with E-state index >= 15 is 0 Å². The quantitative estimate of drug-likeness (QED) is 0.222. The SMILES string of the molecule is CN(C#Cc1cnn2c(C(F)F)cc(-c3ccc(C(F)(F)F)cc3)nc12)S(=O)(=O)c1ccccc1. The number of sulfonamides is 1. The number of aromatic nitrogens is 3. The Morgan fingerprint density at radius 3 is 2.29 bits per heavy atom. The summed E-state index contributed by atoms with van der Waals surface area (Å²) in [6.07, 6.45) is -6.37. The van der Waals surface area contributed by atoms with Crippen LogP contribution in [0.15, 0.2) is 71.8 Å². The molecule has 180 valence electrons. The molecule has 0 spiro atoms. The molecule has 0 radical (unpaired) electrons. The summed E-state index contributed by atoms with van der Waals surface area (Å²) < 4.78 is 93.0. The fourth-order valence-electron chi connectivity index (χ4n) is 3.16. The van der Waals surface area contributed by atoms with Crippen molar-refractivity contribution in [3.63, 3.8) is 0 Å². The van der Waals surface area contributed by atoms with Crippen LogP contribution >= 0.6 is 0 Å². The van der Waals surface area contributed by atoms with E-state index < -0.39 is 33.9 Å². The molecule has 0 saturated heterocycles. The minimum Gasteiger partial charge on any atom is -0.227 e. The van der Waals surface area contributed by atoms with Crippen molar-refractivity contribution in [2.75, 3.05) is 7.05 Å². The summed E-state index contributed by atoms with van der Waals surface area (Å²) in [5.41, 5.74) is -1.34. The van der Waals surface area contributed by atoms with Crippen LogP contribution in [0.4, 0.5) is 22.0 Å². The molecule has 0 bridgehead atoms. The topological polar surface area (TPSA) is 67.6 Å². The third-order valence-electron chi connectivity index (χ3n) is 4.98. The maximum Gasteiger partial charge on any atom is 0.416 e. The number of alkyl halides is 5. The molecule has 4 aromatic rings. The van der Waals surface area contributed by atoms with Gasteiger partial charge in [-0.05, 0) is 36.3 Å². The minimum absolute atomic E-state index is 0.0133. The van der Waals surface area contributed by atoms with Crippen molar-refractivity contribution >= 4 is 15.7 Å². The Bertz CT molecular complexity index is 1540. The van der Waals surface area contributed by atoms with Gasteiger partial charge >= 0.3 is 6.18 Å². The van der Waals surface area contributed by atoms with Gasteiger partial charge in [0.2, 0.25) is 0 Å². The number of hydrogen-bond acceptors (Lipinski definition) is 4. The number of halogens is 5. The largest absolute Gasteiger partial charge is 0.416 e. The Morgan fingerprint density at radius 2 is 1.69 bits per heavy atom. The highest BCUT2D eigenvalue weighted by atomic mass is 32.2. The molecular formula is C23H15F5N4O2S. The molecule has 35 heavy (non-hydrogen) atoms. The molecule has 0 N–H and O–H groups in total. The second-order valence-corrected chi connectivity index (χ2v) is 9.23. The summed E-state index contributed by atoms with van der Waals surface area (Å²) in [6.45, 7) is 0. The molecule has 0 aliphatic carbocycles. The van der Waals surface area contributed by atoms with Crippen molar-refractivity contribution in [3.8, 4) is 23.2 Å². The van der Waals surface area contributed by atoms with Crippen molar-refractivity contribution in [1.29, 1.82) is 0 Å². The van der Waals surface area contributed by atoms with Gasteiger partial charge < -0.3 is 0 Å². The molecule has 0 amide bonds. The lowest BCUT2D eigenvalue weighted by molar-refractivity contribution is -0.137. The zero-order valence-electron chi connectivity index (χ0n) is 17.8. The van der Waals surface area contributed by atoms with E-state index in [-0.39, 0.29) is 27.4 Å². The summed E-state index contributed by atoms with van der Waals surface area (Å²) in [5, 5.41) is 3.87. The van der Waals surface area contributed by atoms with Gasteiger partial charge in [-0.15, -0.1) is 0 Å². The van der Waals surface area contributed by atoms with Gasteiger partial charge in [0, 0.05) is 18.7 Å². The molecule has 0 saturated carbocycles. The van der Waals surface area contributed by atoms with Crippen molar-refractivity contribution < 1.29 is 30.4 Å². The number of rotatable bonds is 4. The second-order valence-electron chi connectivity index (χ2n) is 7.26. The van der Waals surface area contributed by atoms with Crippen LogP contribution < -0.4 is 0 Å². The highest BCUT2D eigenvalue weighted by Gasteiger charge is 2.30. The lowest BCUT2D eigenvalue weighted by Crippen LogP contribution is -2.21. The molecule has 0 atom stereocenters. The second kappa shape index (κ2) is 8.99. The predicted octanol–water partition coefficient (Wildman–Crippen LogP) is 4.98. The van der Waals surface area contributed by atoms with E-state index in [0.29, 0.717) is 0 Å². The maximum absolute atomic E-state index is 13.7. The lowest BCUT2D eigenvalue weighted by Gasteiger charge is -2.11. The molecule has 12 heteroatoms. The van der Waals surface area contributed by atoms with Crippen LogP contribution in [0.5, 0.6) is 0 Å². The van der Waals surface area contributed by atoms with Crippen LogP contribution in [-0.4, -0.2) is 34.4 Å². The first kappa shape index (κ1) is 24.2. The summed E-state index contributed by atoms with van der Waals surface area (Å²) in [6, 6.07) is 14.9. The first-order valence-electron chi connectivity index (χ1n) is 9.88. The zero-order valence-corrected chi connectivity index (χ0v) is 18.6. The van der Waals surface area contributed by atoms with Gasteiger partial charge in [0.25, 0.3) is 16.4 Å². The average Bonchev–Trinajstić information content (AvgIpc) is 3.24. The van der Waals surface area contributed by atoms with Crippen molar-refractivity contribution in [1.82, 2.24) is 18.9 Å². The molecule has 4 rings (SSSR count). The van der Waals surface area contributed by atoms with E-state index in [2.05, 4.69) is 22.0 Å². The summed E-state index contributed by atoms with van der Waals surface area (Å²) in [4.78, 5) is 4.27. The van der Waals surface area contributed by atoms with Crippen LogP contribution in [0.1, 0.15) is 23.2 Å². The van der Waals surface area contributed by atoms with E-state index in [1.54, 1.807) is 18.2 Å². The fraction of sp³-hybridized carbons (Fsp3) is 0.130. The molecule has 0 fully saturated rings. The van der Waals surface area contributed by atoms with Gasteiger partial charge in [0.15, 0.2) is 5.65 Å². The van der Waals surface area contributed by atoms with Gasteiger partial charge in [0.05, 0.1) is 27.9 Å². The van der Waals surface area contributed by atoms with Crippen LogP contribution in [0.3, 0.4) is 0 Å². The first-order chi connectivity index (χ1) is 16.5. The Kier molecular flexibility index (Phi) is 6.21. The first-order valence-corrected chi connectivity index (χ1v) is 11.3. The average molecular weight is 506 g/mol. The maximum atomic E-state index is 13.7. The van der Waals surface area contributed by atoms with Gasteiger partial charge in [0.1, 0.15) is 5.69 Å². The van der Waals surface area contributed by atoms with Crippen LogP contribution in [-0.2, 0) is 16.2 Å². The van der Waals surface area contributed by atoms with Gasteiger partial charge in [-0.3, -0.25) is 0 Å². The highest BCUT2D eigenvalue weighted by molar-refractivity contribution is 7.89. The minimum atomic E-state index is -4.55. The molecular weight excluding hydrogens is 491 g/mol. The highest BCUT2D eigenvalue weighted by Crippen LogP contribution is 2.32. The fourth-order valence-corrected chi connectivity index (χ4v) is 4.14. The Balaban J connectivity index is 1.77. The monoisotopic (exact) mass is 506 g/mol. The Morgan fingerprint density at radius 1 is 1.03 bits per heavy atom. The third kappa shape index (κ3) is 4.81.